The van der Waals surface area contributed by atoms with Gasteiger partial charge in [0.2, 0.25) is 0 Å². The van der Waals surface area contributed by atoms with Crippen LogP contribution in [0.15, 0.2) is 57.9 Å². The van der Waals surface area contributed by atoms with E-state index in [1.165, 1.54) is 31.4 Å². The number of carbonyl (C=O) groups is 1. The average Bonchev–Trinajstić information content (AvgIpc) is 2.53. The molecule has 0 saturated carbocycles. The summed E-state index contributed by atoms with van der Waals surface area (Å²) in [6.07, 6.45) is 0. The lowest BCUT2D eigenvalue weighted by Gasteiger charge is -2.23. The lowest BCUT2D eigenvalue weighted by atomic mass is 10.3. The summed E-state index contributed by atoms with van der Waals surface area (Å²) in [5.41, 5.74) is 0.322. The largest absolute Gasteiger partial charge is 0.468 e. The van der Waals surface area contributed by atoms with Crippen molar-refractivity contribution in [2.24, 2.45) is 0 Å². The number of sulfonamides is 1. The van der Waals surface area contributed by atoms with E-state index in [1.807, 2.05) is 0 Å². The van der Waals surface area contributed by atoms with E-state index in [9.17, 15) is 13.2 Å². The van der Waals surface area contributed by atoms with Crippen LogP contribution >= 0.6 is 27.5 Å². The number of esters is 1. The molecule has 0 heterocycles. The maximum Gasteiger partial charge on any atom is 0.326 e. The zero-order valence-electron chi connectivity index (χ0n) is 12.1. The monoisotopic (exact) mass is 417 g/mol. The van der Waals surface area contributed by atoms with E-state index >= 15 is 0 Å². The minimum absolute atomic E-state index is 0.0690. The molecule has 0 fully saturated rings. The molecule has 0 bridgehead atoms. The van der Waals surface area contributed by atoms with E-state index in [4.69, 9.17) is 11.6 Å². The van der Waals surface area contributed by atoms with Crippen molar-refractivity contribution in [1.82, 2.24) is 0 Å². The van der Waals surface area contributed by atoms with Gasteiger partial charge in [0, 0.05) is 9.50 Å². The number of ether oxygens (including phenoxy) is 1. The van der Waals surface area contributed by atoms with Crippen LogP contribution in [-0.4, -0.2) is 28.0 Å². The number of halogens is 2. The molecular formula is C15H13BrClNO4S. The first kappa shape index (κ1) is 17.8. The van der Waals surface area contributed by atoms with Gasteiger partial charge < -0.3 is 4.74 Å². The molecule has 0 aliphatic rings. The van der Waals surface area contributed by atoms with Gasteiger partial charge in [0.25, 0.3) is 10.0 Å². The minimum Gasteiger partial charge on any atom is -0.468 e. The van der Waals surface area contributed by atoms with Gasteiger partial charge >= 0.3 is 5.97 Å². The van der Waals surface area contributed by atoms with Crippen molar-refractivity contribution < 1.29 is 17.9 Å². The van der Waals surface area contributed by atoms with Gasteiger partial charge in [-0.1, -0.05) is 27.5 Å². The Hall–Kier alpha value is -1.57. The van der Waals surface area contributed by atoms with Crippen LogP contribution in [-0.2, 0) is 19.6 Å². The van der Waals surface area contributed by atoms with Crippen LogP contribution in [0.2, 0.25) is 5.02 Å². The van der Waals surface area contributed by atoms with Crippen molar-refractivity contribution >= 4 is 49.2 Å². The second kappa shape index (κ2) is 7.33. The second-order valence-electron chi connectivity index (χ2n) is 4.52. The molecule has 0 atom stereocenters. The standard InChI is InChI=1S/C15H13BrClNO4S/c1-22-15(19)10-18(13-6-4-12(17)5-7-13)23(20,21)14-8-2-11(16)3-9-14/h2-9H,10H2,1H3. The van der Waals surface area contributed by atoms with Gasteiger partial charge in [0.05, 0.1) is 17.7 Å². The Morgan fingerprint density at radius 1 is 1.13 bits per heavy atom. The third kappa shape index (κ3) is 4.25. The van der Waals surface area contributed by atoms with Gasteiger partial charge in [-0.25, -0.2) is 8.42 Å². The minimum atomic E-state index is -3.92. The van der Waals surface area contributed by atoms with Crippen LogP contribution in [0.1, 0.15) is 0 Å². The zero-order valence-corrected chi connectivity index (χ0v) is 15.2. The fourth-order valence-corrected chi connectivity index (χ4v) is 3.64. The topological polar surface area (TPSA) is 63.7 Å². The molecule has 0 aromatic heterocycles. The van der Waals surface area contributed by atoms with E-state index in [2.05, 4.69) is 20.7 Å². The first-order valence-electron chi connectivity index (χ1n) is 6.45. The third-order valence-corrected chi connectivity index (χ3v) is 5.59. The van der Waals surface area contributed by atoms with Crippen molar-refractivity contribution in [2.45, 2.75) is 4.90 Å². The Kier molecular flexibility index (Phi) is 5.67. The van der Waals surface area contributed by atoms with Gasteiger partial charge in [-0.3, -0.25) is 9.10 Å². The summed E-state index contributed by atoms with van der Waals surface area (Å²) in [7, 11) is -2.72. The average molecular weight is 419 g/mol. The Morgan fingerprint density at radius 3 is 2.22 bits per heavy atom. The number of hydrogen-bond donors (Lipinski definition) is 0. The lowest BCUT2D eigenvalue weighted by Crippen LogP contribution is -2.36. The molecule has 0 amide bonds. The maximum atomic E-state index is 12.9. The van der Waals surface area contributed by atoms with E-state index in [0.717, 1.165) is 8.78 Å². The SMILES string of the molecule is COC(=O)CN(c1ccc(Cl)cc1)S(=O)(=O)c1ccc(Br)cc1. The number of anilines is 1. The fraction of sp³-hybridized carbons (Fsp3) is 0.133. The summed E-state index contributed by atoms with van der Waals surface area (Å²) in [5.74, 6) is -0.666. The Labute approximate surface area is 148 Å². The van der Waals surface area contributed by atoms with E-state index in [0.29, 0.717) is 10.7 Å². The van der Waals surface area contributed by atoms with Crippen molar-refractivity contribution in [3.63, 3.8) is 0 Å². The molecule has 2 aromatic carbocycles. The highest BCUT2D eigenvalue weighted by molar-refractivity contribution is 9.10. The van der Waals surface area contributed by atoms with Crippen LogP contribution < -0.4 is 4.31 Å². The quantitative estimate of drug-likeness (QED) is 0.698. The van der Waals surface area contributed by atoms with Crippen molar-refractivity contribution in [3.05, 3.63) is 58.0 Å². The first-order chi connectivity index (χ1) is 10.8. The van der Waals surface area contributed by atoms with Gasteiger partial charge in [0.1, 0.15) is 6.54 Å². The zero-order chi connectivity index (χ0) is 17.0. The number of methoxy groups -OCH3 is 1. The molecule has 8 heteroatoms. The highest BCUT2D eigenvalue weighted by atomic mass is 79.9. The molecule has 0 saturated heterocycles. The molecule has 0 spiro atoms. The number of hydrogen-bond acceptors (Lipinski definition) is 4. The molecule has 2 rings (SSSR count). The van der Waals surface area contributed by atoms with Gasteiger partial charge in [-0.05, 0) is 48.5 Å². The summed E-state index contributed by atoms with van der Waals surface area (Å²) in [4.78, 5) is 11.7. The molecule has 5 nitrogen and oxygen atoms in total. The summed E-state index contributed by atoms with van der Waals surface area (Å²) in [6, 6.07) is 12.3. The van der Waals surface area contributed by atoms with E-state index < -0.39 is 22.5 Å². The molecule has 23 heavy (non-hydrogen) atoms. The van der Waals surface area contributed by atoms with Gasteiger partial charge in [-0.2, -0.15) is 0 Å². The lowest BCUT2D eigenvalue weighted by molar-refractivity contribution is -0.138. The summed E-state index contributed by atoms with van der Waals surface area (Å²) >= 11 is 9.09. The van der Waals surface area contributed by atoms with Crippen LogP contribution in [0.5, 0.6) is 0 Å². The smallest absolute Gasteiger partial charge is 0.326 e. The summed E-state index contributed by atoms with van der Waals surface area (Å²) in [6.45, 7) is -0.434. The van der Waals surface area contributed by atoms with Crippen molar-refractivity contribution in [1.29, 1.82) is 0 Å². The maximum absolute atomic E-state index is 12.9. The predicted octanol–water partition coefficient (Wildman–Crippen LogP) is 3.47. The molecule has 2 aromatic rings. The Bertz CT molecular complexity index is 791. The molecule has 0 aliphatic heterocycles. The van der Waals surface area contributed by atoms with Crippen molar-refractivity contribution in [3.8, 4) is 0 Å². The molecule has 122 valence electrons. The van der Waals surface area contributed by atoms with Gasteiger partial charge in [-0.15, -0.1) is 0 Å². The molecular weight excluding hydrogens is 406 g/mol. The van der Waals surface area contributed by atoms with Gasteiger partial charge in [0.15, 0.2) is 0 Å². The molecule has 0 N–H and O–H groups in total. The third-order valence-electron chi connectivity index (χ3n) is 3.02. The molecule has 0 aliphatic carbocycles. The number of nitrogens with zero attached hydrogens (tertiary/aromatic N) is 1. The normalized spacial score (nSPS) is 11.1. The summed E-state index contributed by atoms with van der Waals surface area (Å²) in [5, 5.41) is 0.466. The van der Waals surface area contributed by atoms with E-state index in [-0.39, 0.29) is 4.90 Å². The Morgan fingerprint density at radius 2 is 1.70 bits per heavy atom. The van der Waals surface area contributed by atoms with E-state index in [1.54, 1.807) is 24.3 Å². The number of carbonyl (C=O) groups excluding carboxylic acids is 1. The summed E-state index contributed by atoms with van der Waals surface area (Å²) < 4.78 is 32.0. The highest BCUT2D eigenvalue weighted by Gasteiger charge is 2.27. The van der Waals surface area contributed by atoms with Crippen LogP contribution in [0, 0.1) is 0 Å². The van der Waals surface area contributed by atoms with Crippen molar-refractivity contribution in [2.75, 3.05) is 18.0 Å². The van der Waals surface area contributed by atoms with Crippen LogP contribution in [0.4, 0.5) is 5.69 Å². The van der Waals surface area contributed by atoms with Crippen LogP contribution in [0.25, 0.3) is 0 Å². The van der Waals surface area contributed by atoms with Crippen LogP contribution in [0.3, 0.4) is 0 Å². The first-order valence-corrected chi connectivity index (χ1v) is 9.06. The fourth-order valence-electron chi connectivity index (χ4n) is 1.84. The highest BCUT2D eigenvalue weighted by Crippen LogP contribution is 2.26. The number of rotatable bonds is 5. The molecule has 0 radical (unpaired) electrons. The second-order valence-corrected chi connectivity index (χ2v) is 7.73. The number of benzene rings is 2. The Balaban J connectivity index is 2.49. The molecule has 0 unspecified atom stereocenters. The predicted molar refractivity (Wildman–Crippen MR) is 92.1 cm³/mol.